The molecule has 85 heavy (non-hydrogen) atoms. The molecule has 1 atom stereocenters. The first-order valence-corrected chi connectivity index (χ1v) is 27.1. The number of benzene rings is 9. The van der Waals surface area contributed by atoms with Gasteiger partial charge in [0.15, 0.2) is 18.2 Å². The first kappa shape index (κ1) is 60.9. The Hall–Kier alpha value is -8.64. The number of rotatable bonds is 9. The van der Waals surface area contributed by atoms with Crippen LogP contribution in [0.5, 0.6) is 0 Å². The maximum atomic E-state index is 4.70. The van der Waals surface area contributed by atoms with E-state index in [1.54, 1.807) is 0 Å². The Bertz CT molecular complexity index is 3630. The van der Waals surface area contributed by atoms with Crippen LogP contribution in [0.2, 0.25) is 0 Å². The van der Waals surface area contributed by atoms with Crippen LogP contribution in [0.25, 0.3) is 33.4 Å². The summed E-state index contributed by atoms with van der Waals surface area (Å²) in [5, 5.41) is 0. The average molecular weight is 1420 g/mol. The third kappa shape index (κ3) is 12.9. The molecule has 1 unspecified atom stereocenters. The summed E-state index contributed by atoms with van der Waals surface area (Å²) >= 11 is 0. The van der Waals surface area contributed by atoms with Crippen molar-refractivity contribution in [2.45, 2.75) is 0 Å². The fourth-order valence-electron chi connectivity index (χ4n) is 10.8. The number of halogens is 2. The maximum Gasteiger partial charge on any atom is 1.00 e. The quantitative estimate of drug-likeness (QED) is 0.113. The molecule has 0 spiro atoms. The number of fused-ring (bicyclic) bond motifs is 3. The van der Waals surface area contributed by atoms with E-state index < -0.39 is 0 Å². The van der Waals surface area contributed by atoms with Gasteiger partial charge in [-0.05, 0) is 89.5 Å². The number of aromatic nitrogens is 3. The summed E-state index contributed by atoms with van der Waals surface area (Å²) in [6.07, 6.45) is 5.55. The molecule has 0 saturated carbocycles. The fourth-order valence-corrected chi connectivity index (χ4v) is 10.8. The van der Waals surface area contributed by atoms with Crippen LogP contribution in [0, 0.1) is 19.4 Å². The van der Waals surface area contributed by atoms with Crippen LogP contribution in [0.1, 0.15) is 0 Å². The molecule has 9 aromatic carbocycles. The second-order valence-corrected chi connectivity index (χ2v) is 19.4. The maximum absolute atomic E-state index is 4.70. The first-order valence-electron chi connectivity index (χ1n) is 27.1. The molecule has 9 nitrogen and oxygen atoms in total. The summed E-state index contributed by atoms with van der Waals surface area (Å²) in [6, 6.07) is 102. The third-order valence-corrected chi connectivity index (χ3v) is 14.5. The Labute approximate surface area is 539 Å². The van der Waals surface area contributed by atoms with E-state index in [1.807, 2.05) is 97.5 Å². The predicted molar refractivity (Wildman–Crippen MR) is 338 cm³/mol. The van der Waals surface area contributed by atoms with Crippen molar-refractivity contribution >= 4 is 81.0 Å². The van der Waals surface area contributed by atoms with E-state index in [-0.39, 0.29) is 67.3 Å². The van der Waals surface area contributed by atoms with Crippen molar-refractivity contribution in [1.82, 2.24) is 15.0 Å². The molecule has 0 bridgehead atoms. The molecule has 3 aromatic heterocycles. The minimum atomic E-state index is 0. The van der Waals surface area contributed by atoms with Gasteiger partial charge in [-0.25, -0.2) is 19.9 Å². The van der Waals surface area contributed by atoms with Crippen molar-refractivity contribution in [1.29, 1.82) is 0 Å². The molecule has 13 heteroatoms. The number of hydrogen-bond acceptors (Lipinski definition) is 8. The van der Waals surface area contributed by atoms with Gasteiger partial charge in [0.25, 0.3) is 0 Å². The number of para-hydroxylation sites is 6. The zero-order valence-corrected chi connectivity index (χ0v) is 51.2. The molecule has 12 aromatic rings. The first-order chi connectivity index (χ1) is 40.2. The van der Waals surface area contributed by atoms with Crippen molar-refractivity contribution in [3.8, 4) is 33.4 Å². The number of hydrogen-bond donors (Lipinski definition) is 1. The predicted octanol–water partition coefficient (Wildman–Crippen LogP) is 14.2. The van der Waals surface area contributed by atoms with Gasteiger partial charge in [0.1, 0.15) is 17.3 Å². The van der Waals surface area contributed by atoms with Gasteiger partial charge >= 0.3 is 22.4 Å². The molecule has 3 aliphatic rings. The monoisotopic (exact) mass is 1420 g/mol. The van der Waals surface area contributed by atoms with Gasteiger partial charge in [0.2, 0.25) is 0 Å². The van der Waals surface area contributed by atoms with E-state index >= 15 is 0 Å². The van der Waals surface area contributed by atoms with Gasteiger partial charge in [-0.3, -0.25) is 4.90 Å². The Morgan fingerprint density at radius 3 is 1.27 bits per heavy atom. The number of quaternary nitrogens is 1. The van der Waals surface area contributed by atoms with Crippen LogP contribution in [0.3, 0.4) is 0 Å². The van der Waals surface area contributed by atoms with E-state index in [0.717, 1.165) is 58.2 Å². The van der Waals surface area contributed by atoms with E-state index in [4.69, 9.17) is 4.98 Å². The van der Waals surface area contributed by atoms with E-state index in [2.05, 4.69) is 260 Å². The molecule has 0 fully saturated rings. The minimum absolute atomic E-state index is 0. The summed E-state index contributed by atoms with van der Waals surface area (Å²) in [6.45, 7) is 5.03. The van der Waals surface area contributed by atoms with Gasteiger partial charge < -0.3 is 32.0 Å². The van der Waals surface area contributed by atoms with E-state index in [9.17, 15) is 0 Å². The van der Waals surface area contributed by atoms with Crippen molar-refractivity contribution in [2.75, 3.05) is 31.2 Å². The smallest absolute Gasteiger partial charge is 1.00 e. The van der Waals surface area contributed by atoms with Gasteiger partial charge in [0.05, 0.1) is 11.4 Å². The number of nitrogens with zero attached hydrogens (tertiary/aromatic N) is 8. The number of anilines is 10. The molecular weight excluding hydrogens is 1360 g/mol. The second kappa shape index (κ2) is 28.8. The summed E-state index contributed by atoms with van der Waals surface area (Å²) in [4.78, 5) is 26.2. The van der Waals surface area contributed by atoms with Crippen LogP contribution in [0.4, 0.5) is 68.6 Å². The standard InChI is InChI=1S/C24H19N3.C24H18N3.C24H17N3.Ag.2ClH.Ir/c3*1-3-10-19(11-4-1)21-14-7-8-15-22(21)27-18-26(20-12-5-2-6-13-20)24-23(27)16-9-17-25-24;;;;/h1-17H,18H2;1-18H;1-12,14-18H;;2*1H;/q;-1;-2;+1;;;. The zero-order chi connectivity index (χ0) is 54.2. The van der Waals surface area contributed by atoms with Crippen LogP contribution in [0.15, 0.2) is 304 Å². The molecule has 0 saturated heterocycles. The van der Waals surface area contributed by atoms with Gasteiger partial charge in [-0.1, -0.05) is 176 Å². The molecule has 1 N–H and O–H groups in total. The molecule has 425 valence electrons. The molecular formula is C72H56AgCl2IrN9-2. The van der Waals surface area contributed by atoms with Crippen molar-refractivity contribution < 1.29 is 59.8 Å². The summed E-state index contributed by atoms with van der Waals surface area (Å²) in [5.74, 6) is 2.87. The van der Waals surface area contributed by atoms with Gasteiger partial charge in [-0.2, -0.15) is 30.3 Å². The third-order valence-electron chi connectivity index (χ3n) is 14.5. The van der Waals surface area contributed by atoms with E-state index in [1.165, 1.54) is 55.3 Å². The summed E-state index contributed by atoms with van der Waals surface area (Å²) < 4.78 is 0. The Kier molecular flexibility index (Phi) is 20.6. The normalized spacial score (nSPS) is 13.1. The van der Waals surface area contributed by atoms with Crippen molar-refractivity contribution in [3.63, 3.8) is 0 Å². The van der Waals surface area contributed by atoms with Crippen LogP contribution in [-0.4, -0.2) is 21.6 Å². The van der Waals surface area contributed by atoms with E-state index in [0.29, 0.717) is 0 Å². The minimum Gasteiger partial charge on any atom is -1.00 e. The molecule has 3 aliphatic heterocycles. The van der Waals surface area contributed by atoms with Crippen molar-refractivity contribution in [3.05, 3.63) is 323 Å². The summed E-state index contributed by atoms with van der Waals surface area (Å²) in [7, 11) is 0. The van der Waals surface area contributed by atoms with Crippen molar-refractivity contribution in [2.24, 2.45) is 0 Å². The zero-order valence-electron chi connectivity index (χ0n) is 45.7. The Morgan fingerprint density at radius 2 is 0.741 bits per heavy atom. The fraction of sp³-hybridized carbons (Fsp3) is 0.0139. The van der Waals surface area contributed by atoms with Crippen LogP contribution in [-0.2, 0) is 42.5 Å². The molecule has 0 amide bonds. The summed E-state index contributed by atoms with van der Waals surface area (Å²) in [5.41, 5.74) is 17.4. The van der Waals surface area contributed by atoms with Crippen LogP contribution < -0.4 is 41.8 Å². The molecule has 1 radical (unpaired) electrons. The average Bonchev–Trinajstić information content (AvgIpc) is 4.43. The number of pyridine rings is 3. The van der Waals surface area contributed by atoms with Gasteiger partial charge in [-0.15, -0.1) is 31.4 Å². The number of nitrogens with one attached hydrogen (secondary N) is 1. The van der Waals surface area contributed by atoms with Gasteiger partial charge in [0, 0.05) is 90.3 Å². The second-order valence-electron chi connectivity index (χ2n) is 19.4. The SMILES string of the molecule is Cl.[Ag+].[Cl-].[Ir].[c-]1ccccc1N1[CH-]N(c2ccccc2-c2ccccc2)c2cccnc21.c1ccc(-c2ccccc2N2[CH-]N(c3ccccc3)c3ncccc32)cc1.c1ccc(-c2ccccc2[NH+]2CN(c3ccccc3)c3ncccc32)cc1. The Balaban J connectivity index is 0.000000149. The largest absolute Gasteiger partial charge is 1.00 e. The molecule has 0 aliphatic carbocycles. The molecule has 6 heterocycles. The Morgan fingerprint density at radius 1 is 0.353 bits per heavy atom. The van der Waals surface area contributed by atoms with Crippen LogP contribution >= 0.6 is 12.4 Å². The topological polar surface area (TPSA) is 59.3 Å². The molecule has 15 rings (SSSR count).